The first-order chi connectivity index (χ1) is 8.86. The van der Waals surface area contributed by atoms with Crippen molar-refractivity contribution in [1.82, 2.24) is 9.88 Å². The highest BCUT2D eigenvalue weighted by atomic mass is 127. The molecule has 1 aromatic heterocycles. The van der Waals surface area contributed by atoms with E-state index in [1.807, 2.05) is 17.0 Å². The molecule has 2 rings (SSSR count). The van der Waals surface area contributed by atoms with Gasteiger partial charge in [0, 0.05) is 19.3 Å². The summed E-state index contributed by atoms with van der Waals surface area (Å²) in [5, 5.41) is 0. The molecule has 0 bridgehead atoms. The minimum atomic E-state index is 0. The number of pyridine rings is 1. The Morgan fingerprint density at radius 1 is 1.47 bits per heavy atom. The van der Waals surface area contributed by atoms with Gasteiger partial charge >= 0.3 is 0 Å². The molecule has 0 saturated carbocycles. The van der Waals surface area contributed by atoms with Crippen LogP contribution < -0.4 is 10.5 Å². The first kappa shape index (κ1) is 16.0. The van der Waals surface area contributed by atoms with Crippen molar-refractivity contribution < 1.29 is 9.47 Å². The molecular formula is C12H19IN4O2. The molecule has 2 heterocycles. The molecule has 2 N–H and O–H groups in total. The molecule has 0 aromatic carbocycles. The number of nitrogens with zero attached hydrogens (tertiary/aromatic N) is 3. The van der Waals surface area contributed by atoms with Gasteiger partial charge in [0.2, 0.25) is 0 Å². The van der Waals surface area contributed by atoms with E-state index in [2.05, 4.69) is 9.98 Å². The number of hydrogen-bond acceptors (Lipinski definition) is 4. The van der Waals surface area contributed by atoms with E-state index in [1.165, 1.54) is 0 Å². The fraction of sp³-hybridized carbons (Fsp3) is 0.500. The predicted molar refractivity (Wildman–Crippen MR) is 84.0 cm³/mol. The second kappa shape index (κ2) is 8.92. The number of hydrogen-bond donors (Lipinski definition) is 1. The Bertz CT molecular complexity index is 383. The molecule has 6 nitrogen and oxygen atoms in total. The van der Waals surface area contributed by atoms with Crippen LogP contribution in [0.2, 0.25) is 0 Å². The van der Waals surface area contributed by atoms with Gasteiger partial charge in [0.25, 0.3) is 0 Å². The van der Waals surface area contributed by atoms with Gasteiger partial charge in [0.15, 0.2) is 5.96 Å². The monoisotopic (exact) mass is 378 g/mol. The van der Waals surface area contributed by atoms with E-state index in [0.717, 1.165) is 18.8 Å². The molecular weight excluding hydrogens is 359 g/mol. The predicted octanol–water partition coefficient (Wildman–Crippen LogP) is 0.725. The molecule has 0 atom stereocenters. The Labute approximate surface area is 130 Å². The highest BCUT2D eigenvalue weighted by molar-refractivity contribution is 14.0. The third-order valence-corrected chi connectivity index (χ3v) is 2.60. The van der Waals surface area contributed by atoms with Gasteiger partial charge in [-0.2, -0.15) is 0 Å². The SMILES string of the molecule is I.NC(=NCCOc1cccnc1)N1CCOCC1. The molecule has 0 aliphatic carbocycles. The van der Waals surface area contributed by atoms with Gasteiger partial charge in [0.05, 0.1) is 26.0 Å². The lowest BCUT2D eigenvalue weighted by Gasteiger charge is -2.27. The van der Waals surface area contributed by atoms with Gasteiger partial charge < -0.3 is 20.1 Å². The average molecular weight is 378 g/mol. The maximum atomic E-state index is 5.88. The quantitative estimate of drug-likeness (QED) is 0.362. The number of halogens is 1. The summed E-state index contributed by atoms with van der Waals surface area (Å²) >= 11 is 0. The zero-order valence-corrected chi connectivity index (χ0v) is 13.0. The molecule has 0 unspecified atom stereocenters. The van der Waals surface area contributed by atoms with Gasteiger partial charge in [-0.25, -0.2) is 4.99 Å². The summed E-state index contributed by atoms with van der Waals surface area (Å²) in [6, 6.07) is 3.70. The van der Waals surface area contributed by atoms with E-state index in [0.29, 0.717) is 32.3 Å². The standard InChI is InChI=1S/C12H18N4O2.HI/c13-12(16-5-8-17-9-6-16)15-4-7-18-11-2-1-3-14-10-11;/h1-3,10H,4-9H2,(H2,13,15);1H. The normalized spacial score (nSPS) is 15.8. The van der Waals surface area contributed by atoms with Crippen molar-refractivity contribution in [2.45, 2.75) is 0 Å². The number of aliphatic imine (C=N–C) groups is 1. The largest absolute Gasteiger partial charge is 0.490 e. The van der Waals surface area contributed by atoms with Crippen LogP contribution in [0.5, 0.6) is 5.75 Å². The summed E-state index contributed by atoms with van der Waals surface area (Å²) in [4.78, 5) is 10.3. The highest BCUT2D eigenvalue weighted by Crippen LogP contribution is 2.05. The molecule has 7 heteroatoms. The molecule has 0 radical (unpaired) electrons. The van der Waals surface area contributed by atoms with Gasteiger partial charge in [-0.1, -0.05) is 0 Å². The summed E-state index contributed by atoms with van der Waals surface area (Å²) in [7, 11) is 0. The minimum Gasteiger partial charge on any atom is -0.490 e. The van der Waals surface area contributed by atoms with Crippen LogP contribution in [0.15, 0.2) is 29.5 Å². The van der Waals surface area contributed by atoms with Crippen LogP contribution >= 0.6 is 24.0 Å². The summed E-state index contributed by atoms with van der Waals surface area (Å²) in [5.41, 5.74) is 5.88. The molecule has 1 aromatic rings. The van der Waals surface area contributed by atoms with E-state index in [-0.39, 0.29) is 24.0 Å². The smallest absolute Gasteiger partial charge is 0.191 e. The van der Waals surface area contributed by atoms with Crippen LogP contribution in [0.1, 0.15) is 0 Å². The number of nitrogens with two attached hydrogens (primary N) is 1. The molecule has 19 heavy (non-hydrogen) atoms. The summed E-state index contributed by atoms with van der Waals surface area (Å²) in [5.74, 6) is 1.31. The second-order valence-electron chi connectivity index (χ2n) is 3.88. The number of ether oxygens (including phenoxy) is 2. The maximum absolute atomic E-state index is 5.88. The van der Waals surface area contributed by atoms with E-state index in [1.54, 1.807) is 12.4 Å². The van der Waals surface area contributed by atoms with Gasteiger partial charge in [0.1, 0.15) is 12.4 Å². The van der Waals surface area contributed by atoms with Crippen molar-refractivity contribution >= 4 is 29.9 Å². The van der Waals surface area contributed by atoms with Crippen molar-refractivity contribution in [1.29, 1.82) is 0 Å². The molecule has 1 aliphatic rings. The number of morpholine rings is 1. The Morgan fingerprint density at radius 2 is 2.26 bits per heavy atom. The zero-order valence-electron chi connectivity index (χ0n) is 10.7. The average Bonchev–Trinajstić information content (AvgIpc) is 2.45. The second-order valence-corrected chi connectivity index (χ2v) is 3.88. The lowest BCUT2D eigenvalue weighted by Crippen LogP contribution is -2.45. The first-order valence-electron chi connectivity index (χ1n) is 6.02. The lowest BCUT2D eigenvalue weighted by atomic mass is 10.4. The molecule has 0 spiro atoms. The maximum Gasteiger partial charge on any atom is 0.191 e. The van der Waals surface area contributed by atoms with E-state index in [4.69, 9.17) is 15.2 Å². The number of aromatic nitrogens is 1. The Kier molecular flexibility index (Phi) is 7.49. The zero-order chi connectivity index (χ0) is 12.6. The Balaban J connectivity index is 0.00000180. The van der Waals surface area contributed by atoms with Crippen LogP contribution in [0, 0.1) is 0 Å². The van der Waals surface area contributed by atoms with Crippen LogP contribution in [0.3, 0.4) is 0 Å². The number of rotatable bonds is 4. The molecule has 1 fully saturated rings. The minimum absolute atomic E-state index is 0. The van der Waals surface area contributed by atoms with Crippen molar-refractivity contribution in [3.05, 3.63) is 24.5 Å². The Hall–Kier alpha value is -1.09. The van der Waals surface area contributed by atoms with Crippen LogP contribution in [0.25, 0.3) is 0 Å². The van der Waals surface area contributed by atoms with Crippen molar-refractivity contribution in [2.24, 2.45) is 10.7 Å². The van der Waals surface area contributed by atoms with Crippen molar-refractivity contribution in [3.63, 3.8) is 0 Å². The van der Waals surface area contributed by atoms with E-state index in [9.17, 15) is 0 Å². The van der Waals surface area contributed by atoms with Crippen molar-refractivity contribution in [3.8, 4) is 5.75 Å². The van der Waals surface area contributed by atoms with Gasteiger partial charge in [-0.05, 0) is 12.1 Å². The lowest BCUT2D eigenvalue weighted by molar-refractivity contribution is 0.0674. The molecule has 1 saturated heterocycles. The van der Waals surface area contributed by atoms with E-state index < -0.39 is 0 Å². The Morgan fingerprint density at radius 3 is 2.95 bits per heavy atom. The van der Waals surface area contributed by atoms with Gasteiger partial charge in [-0.15, -0.1) is 24.0 Å². The summed E-state index contributed by atoms with van der Waals surface area (Å²) in [6.07, 6.45) is 3.39. The highest BCUT2D eigenvalue weighted by Gasteiger charge is 2.11. The molecule has 106 valence electrons. The summed E-state index contributed by atoms with van der Waals surface area (Å²) < 4.78 is 10.7. The third-order valence-electron chi connectivity index (χ3n) is 2.60. The fourth-order valence-corrected chi connectivity index (χ4v) is 1.65. The van der Waals surface area contributed by atoms with Crippen LogP contribution in [-0.4, -0.2) is 55.3 Å². The van der Waals surface area contributed by atoms with E-state index >= 15 is 0 Å². The summed E-state index contributed by atoms with van der Waals surface area (Å²) in [6.45, 7) is 4.07. The van der Waals surface area contributed by atoms with Crippen LogP contribution in [0.4, 0.5) is 0 Å². The molecule has 1 aliphatic heterocycles. The topological polar surface area (TPSA) is 73.0 Å². The van der Waals surface area contributed by atoms with Crippen LogP contribution in [-0.2, 0) is 4.74 Å². The first-order valence-corrected chi connectivity index (χ1v) is 6.02. The number of guanidine groups is 1. The molecule has 0 amide bonds. The van der Waals surface area contributed by atoms with Crippen molar-refractivity contribution in [2.75, 3.05) is 39.5 Å². The fourth-order valence-electron chi connectivity index (χ4n) is 1.65. The van der Waals surface area contributed by atoms with Gasteiger partial charge in [-0.3, -0.25) is 4.98 Å². The third kappa shape index (κ3) is 5.60.